The summed E-state index contributed by atoms with van der Waals surface area (Å²) in [6.45, 7) is 5.46. The summed E-state index contributed by atoms with van der Waals surface area (Å²) in [4.78, 5) is 9.33. The fourth-order valence-electron chi connectivity index (χ4n) is 7.39. The van der Waals surface area contributed by atoms with Crippen molar-refractivity contribution in [2.75, 3.05) is 19.0 Å². The van der Waals surface area contributed by atoms with Crippen molar-refractivity contribution in [1.82, 2.24) is 24.3 Å². The van der Waals surface area contributed by atoms with Crippen LogP contribution in [0.1, 0.15) is 68.8 Å². The van der Waals surface area contributed by atoms with Crippen LogP contribution in [0.4, 0.5) is 5.82 Å². The summed E-state index contributed by atoms with van der Waals surface area (Å²) >= 11 is 0. The minimum absolute atomic E-state index is 0.0201. The van der Waals surface area contributed by atoms with E-state index >= 15 is 0 Å². The van der Waals surface area contributed by atoms with E-state index in [-0.39, 0.29) is 30.4 Å². The summed E-state index contributed by atoms with van der Waals surface area (Å²) in [5.74, 6) is 1.13. The van der Waals surface area contributed by atoms with E-state index in [1.54, 1.807) is 13.4 Å². The van der Waals surface area contributed by atoms with Crippen molar-refractivity contribution in [2.24, 2.45) is 0 Å². The Hall–Kier alpha value is -4.25. The fourth-order valence-corrected chi connectivity index (χ4v) is 7.39. The van der Waals surface area contributed by atoms with E-state index < -0.39 is 5.79 Å². The topological polar surface area (TPSA) is 97.5 Å². The first kappa shape index (κ1) is 29.2. The Labute approximate surface area is 268 Å². The second-order valence-corrected chi connectivity index (χ2v) is 13.0. The van der Waals surface area contributed by atoms with E-state index in [2.05, 4.69) is 74.8 Å². The lowest BCUT2D eigenvalue weighted by Gasteiger charge is -2.25. The summed E-state index contributed by atoms with van der Waals surface area (Å²) < 4.78 is 28.7. The van der Waals surface area contributed by atoms with Crippen LogP contribution in [0.15, 0.2) is 79.5 Å². The van der Waals surface area contributed by atoms with Gasteiger partial charge in [-0.15, -0.1) is 0 Å². The summed E-state index contributed by atoms with van der Waals surface area (Å²) in [5, 5.41) is 9.15. The SMILES string of the molecule is COc1ccc(CNc2ncnc3c2ccn3[C@@H]2C[C@H](c3cccc(-c4cnn(C5CCCCO5)c4)c3)[C@H]3OC(C)(C)O[C@H]32)cc1. The van der Waals surface area contributed by atoms with E-state index in [9.17, 15) is 0 Å². The molecule has 3 aromatic heterocycles. The third kappa shape index (κ3) is 5.44. The summed E-state index contributed by atoms with van der Waals surface area (Å²) in [7, 11) is 1.68. The molecule has 5 heterocycles. The lowest BCUT2D eigenvalue weighted by molar-refractivity contribution is -0.157. The molecular formula is C36H40N6O4. The Morgan fingerprint density at radius 3 is 2.70 bits per heavy atom. The second kappa shape index (κ2) is 11.8. The molecule has 8 rings (SSSR count). The van der Waals surface area contributed by atoms with E-state index in [0.29, 0.717) is 6.54 Å². The Kier molecular flexibility index (Phi) is 7.51. The normalized spacial score (nSPS) is 25.5. The molecule has 5 atom stereocenters. The van der Waals surface area contributed by atoms with Crippen LogP contribution < -0.4 is 10.1 Å². The van der Waals surface area contributed by atoms with Crippen molar-refractivity contribution in [3.63, 3.8) is 0 Å². The number of anilines is 1. The van der Waals surface area contributed by atoms with Crippen LogP contribution in [0.2, 0.25) is 0 Å². The minimum Gasteiger partial charge on any atom is -0.497 e. The van der Waals surface area contributed by atoms with Gasteiger partial charge in [-0.2, -0.15) is 5.10 Å². The Morgan fingerprint density at radius 2 is 1.87 bits per heavy atom. The molecule has 3 aliphatic rings. The maximum atomic E-state index is 6.61. The van der Waals surface area contributed by atoms with Crippen molar-refractivity contribution in [1.29, 1.82) is 0 Å². The highest BCUT2D eigenvalue weighted by atomic mass is 16.8. The molecule has 2 aromatic carbocycles. The predicted octanol–water partition coefficient (Wildman–Crippen LogP) is 6.86. The van der Waals surface area contributed by atoms with Crippen molar-refractivity contribution in [3.8, 4) is 16.9 Å². The molecule has 1 N–H and O–H groups in total. The van der Waals surface area contributed by atoms with E-state index in [0.717, 1.165) is 65.2 Å². The molecule has 46 heavy (non-hydrogen) atoms. The van der Waals surface area contributed by atoms with Gasteiger partial charge in [0.15, 0.2) is 5.79 Å². The molecule has 238 valence electrons. The zero-order valence-corrected chi connectivity index (χ0v) is 26.5. The van der Waals surface area contributed by atoms with Crippen LogP contribution in [0, 0.1) is 0 Å². The number of fused-ring (bicyclic) bond motifs is 2. The zero-order chi connectivity index (χ0) is 31.3. The molecule has 0 radical (unpaired) electrons. The molecule has 10 heteroatoms. The number of methoxy groups -OCH3 is 1. The van der Waals surface area contributed by atoms with Gasteiger partial charge in [-0.05, 0) is 74.4 Å². The third-order valence-electron chi connectivity index (χ3n) is 9.62. The summed E-state index contributed by atoms with van der Waals surface area (Å²) in [5.41, 5.74) is 5.50. The number of aromatic nitrogens is 5. The van der Waals surface area contributed by atoms with Crippen LogP contribution in [0.25, 0.3) is 22.2 Å². The maximum absolute atomic E-state index is 6.61. The van der Waals surface area contributed by atoms with Gasteiger partial charge in [-0.3, -0.25) is 0 Å². The largest absolute Gasteiger partial charge is 0.497 e. The van der Waals surface area contributed by atoms with Crippen LogP contribution in [0.3, 0.4) is 0 Å². The van der Waals surface area contributed by atoms with Crippen LogP contribution in [-0.2, 0) is 20.8 Å². The highest BCUT2D eigenvalue weighted by molar-refractivity contribution is 5.87. The van der Waals surface area contributed by atoms with Gasteiger partial charge >= 0.3 is 0 Å². The first-order valence-corrected chi connectivity index (χ1v) is 16.3. The average molecular weight is 621 g/mol. The van der Waals surface area contributed by atoms with Crippen molar-refractivity contribution >= 4 is 16.9 Å². The van der Waals surface area contributed by atoms with Crippen LogP contribution >= 0.6 is 0 Å². The Bertz CT molecular complexity index is 1830. The highest BCUT2D eigenvalue weighted by Crippen LogP contribution is 2.52. The fraction of sp³-hybridized carbons (Fsp3) is 0.417. The number of hydrogen-bond acceptors (Lipinski definition) is 8. The molecule has 1 unspecified atom stereocenters. The van der Waals surface area contributed by atoms with Crippen LogP contribution in [0.5, 0.6) is 5.75 Å². The van der Waals surface area contributed by atoms with Gasteiger partial charge in [-0.1, -0.05) is 36.4 Å². The number of benzene rings is 2. The quantitative estimate of drug-likeness (QED) is 0.201. The lowest BCUT2D eigenvalue weighted by atomic mass is 9.92. The average Bonchev–Trinajstić information content (AvgIpc) is 3.87. The molecule has 10 nitrogen and oxygen atoms in total. The standard InChI is InChI=1S/C36H40N6O4/c1-36(2)45-32-29(25-8-6-7-24(17-25)26-20-40-42(21-26)31-9-4-5-16-44-31)18-30(33(32)46-36)41-15-14-28-34(38-22-39-35(28)41)37-19-23-10-12-27(43-3)13-11-23/h6-8,10-15,17,20-22,29-33H,4-5,9,16,18-19H2,1-3H3,(H,37,38,39)/t29-,30-,31?,32-,33+/m1/s1. The molecule has 2 aliphatic heterocycles. The van der Waals surface area contributed by atoms with Gasteiger partial charge in [0.1, 0.15) is 35.9 Å². The molecule has 3 fully saturated rings. The highest BCUT2D eigenvalue weighted by Gasteiger charge is 2.55. The molecule has 1 aliphatic carbocycles. The number of nitrogens with zero attached hydrogens (tertiary/aromatic N) is 5. The summed E-state index contributed by atoms with van der Waals surface area (Å²) in [6.07, 6.45) is 11.8. The van der Waals surface area contributed by atoms with Crippen molar-refractivity contribution in [3.05, 3.63) is 90.6 Å². The Balaban J connectivity index is 1.06. The van der Waals surface area contributed by atoms with Crippen molar-refractivity contribution in [2.45, 2.75) is 82.3 Å². The smallest absolute Gasteiger partial charge is 0.163 e. The maximum Gasteiger partial charge on any atom is 0.163 e. The summed E-state index contributed by atoms with van der Waals surface area (Å²) in [6, 6.07) is 19.0. The van der Waals surface area contributed by atoms with Crippen molar-refractivity contribution < 1.29 is 18.9 Å². The third-order valence-corrected chi connectivity index (χ3v) is 9.62. The Morgan fingerprint density at radius 1 is 1.00 bits per heavy atom. The van der Waals surface area contributed by atoms with Gasteiger partial charge < -0.3 is 28.8 Å². The lowest BCUT2D eigenvalue weighted by Crippen LogP contribution is -2.27. The van der Waals surface area contributed by atoms with E-state index in [1.807, 2.05) is 36.9 Å². The van der Waals surface area contributed by atoms with E-state index in [1.165, 1.54) is 12.0 Å². The molecule has 0 spiro atoms. The van der Waals surface area contributed by atoms with Gasteiger partial charge in [0.05, 0.1) is 30.8 Å². The first-order chi connectivity index (χ1) is 22.5. The van der Waals surface area contributed by atoms with E-state index in [4.69, 9.17) is 23.9 Å². The molecule has 1 saturated carbocycles. The minimum atomic E-state index is -0.673. The number of nitrogens with one attached hydrogen (secondary N) is 1. The number of hydrogen-bond donors (Lipinski definition) is 1. The monoisotopic (exact) mass is 620 g/mol. The van der Waals surface area contributed by atoms with Gasteiger partial charge in [0.25, 0.3) is 0 Å². The molecule has 0 bridgehead atoms. The predicted molar refractivity (Wildman–Crippen MR) is 175 cm³/mol. The first-order valence-electron chi connectivity index (χ1n) is 16.3. The molecular weight excluding hydrogens is 580 g/mol. The second-order valence-electron chi connectivity index (χ2n) is 13.0. The molecule has 5 aromatic rings. The van der Waals surface area contributed by atoms with Gasteiger partial charge in [0.2, 0.25) is 0 Å². The van der Waals surface area contributed by atoms with Crippen LogP contribution in [-0.4, -0.2) is 56.0 Å². The molecule has 2 saturated heterocycles. The number of rotatable bonds is 8. The zero-order valence-electron chi connectivity index (χ0n) is 26.5. The number of ether oxygens (including phenoxy) is 4. The van der Waals surface area contributed by atoms with Gasteiger partial charge in [0, 0.05) is 37.0 Å². The van der Waals surface area contributed by atoms with Gasteiger partial charge in [-0.25, -0.2) is 14.6 Å². The molecule has 0 amide bonds.